The average molecular weight is 252 g/mol. The van der Waals surface area contributed by atoms with E-state index >= 15 is 0 Å². The van der Waals surface area contributed by atoms with Crippen LogP contribution in [0.3, 0.4) is 0 Å². The topological polar surface area (TPSA) is 55.1 Å². The largest absolute Gasteiger partial charge is 0.349 e. The monoisotopic (exact) mass is 252 g/mol. The Balaban J connectivity index is 2.76. The molecule has 1 amide bonds. The number of amides is 1. The standard InChI is InChI=1S/C14H21FN2O/c1-4-14(3,9-16)13(18)17-10(2)11-6-5-7-12(15)8-11/h5-8,10H,4,9,16H2,1-3H3,(H,17,18). The van der Waals surface area contributed by atoms with Crippen molar-refractivity contribution in [1.29, 1.82) is 0 Å². The zero-order valence-corrected chi connectivity index (χ0v) is 11.2. The van der Waals surface area contributed by atoms with Crippen molar-refractivity contribution in [2.24, 2.45) is 11.1 Å². The number of hydrogen-bond acceptors (Lipinski definition) is 2. The van der Waals surface area contributed by atoms with Gasteiger partial charge in [-0.3, -0.25) is 4.79 Å². The Morgan fingerprint density at radius 3 is 2.72 bits per heavy atom. The summed E-state index contributed by atoms with van der Waals surface area (Å²) < 4.78 is 13.1. The van der Waals surface area contributed by atoms with Crippen molar-refractivity contribution in [2.75, 3.05) is 6.54 Å². The molecule has 0 saturated carbocycles. The lowest BCUT2D eigenvalue weighted by Gasteiger charge is -2.27. The molecule has 3 N–H and O–H groups in total. The van der Waals surface area contributed by atoms with Gasteiger partial charge in [0.2, 0.25) is 5.91 Å². The van der Waals surface area contributed by atoms with E-state index in [4.69, 9.17) is 5.73 Å². The van der Waals surface area contributed by atoms with Gasteiger partial charge >= 0.3 is 0 Å². The molecule has 1 rings (SSSR count). The zero-order chi connectivity index (χ0) is 13.8. The summed E-state index contributed by atoms with van der Waals surface area (Å²) >= 11 is 0. The second-order valence-corrected chi connectivity index (χ2v) is 4.87. The molecule has 3 nitrogen and oxygen atoms in total. The molecule has 100 valence electrons. The molecule has 0 saturated heterocycles. The number of nitrogens with one attached hydrogen (secondary N) is 1. The highest BCUT2D eigenvalue weighted by Crippen LogP contribution is 2.22. The van der Waals surface area contributed by atoms with Gasteiger partial charge in [0.25, 0.3) is 0 Å². The van der Waals surface area contributed by atoms with Crippen LogP contribution in [0.15, 0.2) is 24.3 Å². The van der Waals surface area contributed by atoms with Gasteiger partial charge in [-0.05, 0) is 38.0 Å². The van der Waals surface area contributed by atoms with Crippen molar-refractivity contribution in [1.82, 2.24) is 5.32 Å². The van der Waals surface area contributed by atoms with E-state index in [-0.39, 0.29) is 17.8 Å². The first kappa shape index (κ1) is 14.6. The van der Waals surface area contributed by atoms with Gasteiger partial charge in [-0.2, -0.15) is 0 Å². The molecule has 0 aromatic heterocycles. The van der Waals surface area contributed by atoms with Gasteiger partial charge in [-0.15, -0.1) is 0 Å². The van der Waals surface area contributed by atoms with Crippen LogP contribution in [-0.4, -0.2) is 12.5 Å². The van der Waals surface area contributed by atoms with Crippen LogP contribution in [0.5, 0.6) is 0 Å². The van der Waals surface area contributed by atoms with Crippen LogP contribution in [0.4, 0.5) is 4.39 Å². The molecule has 0 aliphatic rings. The van der Waals surface area contributed by atoms with Crippen molar-refractivity contribution in [3.05, 3.63) is 35.6 Å². The van der Waals surface area contributed by atoms with E-state index in [1.54, 1.807) is 12.1 Å². The molecule has 4 heteroatoms. The second-order valence-electron chi connectivity index (χ2n) is 4.87. The lowest BCUT2D eigenvalue weighted by atomic mass is 9.86. The summed E-state index contributed by atoms with van der Waals surface area (Å²) in [6.45, 7) is 5.89. The fourth-order valence-electron chi connectivity index (χ4n) is 1.63. The molecule has 0 heterocycles. The Morgan fingerprint density at radius 2 is 2.22 bits per heavy atom. The molecule has 0 fully saturated rings. The maximum Gasteiger partial charge on any atom is 0.227 e. The number of carbonyl (C=O) groups excluding carboxylic acids is 1. The summed E-state index contributed by atoms with van der Waals surface area (Å²) in [5, 5.41) is 2.88. The van der Waals surface area contributed by atoms with Gasteiger partial charge < -0.3 is 11.1 Å². The van der Waals surface area contributed by atoms with Crippen LogP contribution >= 0.6 is 0 Å². The third-order valence-corrected chi connectivity index (χ3v) is 3.48. The quantitative estimate of drug-likeness (QED) is 0.845. The molecule has 0 bridgehead atoms. The normalized spacial score (nSPS) is 15.8. The molecule has 18 heavy (non-hydrogen) atoms. The predicted molar refractivity (Wildman–Crippen MR) is 70.4 cm³/mol. The van der Waals surface area contributed by atoms with Crippen molar-refractivity contribution in [3.8, 4) is 0 Å². The van der Waals surface area contributed by atoms with Gasteiger partial charge in [0, 0.05) is 6.54 Å². The van der Waals surface area contributed by atoms with Crippen LogP contribution < -0.4 is 11.1 Å². The van der Waals surface area contributed by atoms with Crippen molar-refractivity contribution in [3.63, 3.8) is 0 Å². The summed E-state index contributed by atoms with van der Waals surface area (Å²) in [6, 6.07) is 6.01. The minimum absolute atomic E-state index is 0.0933. The van der Waals surface area contributed by atoms with Gasteiger partial charge in [0.05, 0.1) is 11.5 Å². The van der Waals surface area contributed by atoms with E-state index in [1.807, 2.05) is 20.8 Å². The second kappa shape index (κ2) is 5.96. The number of benzene rings is 1. The number of hydrogen-bond donors (Lipinski definition) is 2. The third kappa shape index (κ3) is 3.29. The molecule has 1 aromatic rings. The zero-order valence-electron chi connectivity index (χ0n) is 11.2. The van der Waals surface area contributed by atoms with Gasteiger partial charge in [-0.25, -0.2) is 4.39 Å². The van der Waals surface area contributed by atoms with E-state index in [9.17, 15) is 9.18 Å². The van der Waals surface area contributed by atoms with Crippen LogP contribution in [0.1, 0.15) is 38.8 Å². The Hall–Kier alpha value is -1.42. The van der Waals surface area contributed by atoms with Crippen molar-refractivity contribution >= 4 is 5.91 Å². The molecule has 0 spiro atoms. The summed E-state index contributed by atoms with van der Waals surface area (Å²) in [4.78, 5) is 12.1. The van der Waals surface area contributed by atoms with Crippen LogP contribution in [0.25, 0.3) is 0 Å². The molecule has 0 radical (unpaired) electrons. The molecule has 2 atom stereocenters. The number of rotatable bonds is 5. The first-order valence-electron chi connectivity index (χ1n) is 6.19. The lowest BCUT2D eigenvalue weighted by molar-refractivity contribution is -0.130. The van der Waals surface area contributed by atoms with E-state index in [1.165, 1.54) is 12.1 Å². The fourth-order valence-corrected chi connectivity index (χ4v) is 1.63. The molecular weight excluding hydrogens is 231 g/mol. The maximum absolute atomic E-state index is 13.1. The number of nitrogens with two attached hydrogens (primary N) is 1. The number of carbonyl (C=O) groups is 1. The first-order valence-corrected chi connectivity index (χ1v) is 6.19. The van der Waals surface area contributed by atoms with Gasteiger partial charge in [0.1, 0.15) is 5.82 Å². The van der Waals surface area contributed by atoms with Crippen LogP contribution in [0, 0.1) is 11.2 Å². The minimum Gasteiger partial charge on any atom is -0.349 e. The minimum atomic E-state index is -0.568. The summed E-state index contributed by atoms with van der Waals surface area (Å²) in [5.74, 6) is -0.394. The van der Waals surface area contributed by atoms with E-state index in [0.29, 0.717) is 13.0 Å². The van der Waals surface area contributed by atoms with Crippen molar-refractivity contribution in [2.45, 2.75) is 33.2 Å². The summed E-state index contributed by atoms with van der Waals surface area (Å²) in [7, 11) is 0. The Morgan fingerprint density at radius 1 is 1.56 bits per heavy atom. The molecule has 1 aromatic carbocycles. The maximum atomic E-state index is 13.1. The van der Waals surface area contributed by atoms with Gasteiger partial charge in [-0.1, -0.05) is 19.1 Å². The Labute approximate surface area is 108 Å². The van der Waals surface area contributed by atoms with Gasteiger partial charge in [0.15, 0.2) is 0 Å². The molecule has 0 aliphatic heterocycles. The SMILES string of the molecule is CCC(C)(CN)C(=O)NC(C)c1cccc(F)c1. The fraction of sp³-hybridized carbons (Fsp3) is 0.500. The molecule has 2 unspecified atom stereocenters. The smallest absolute Gasteiger partial charge is 0.227 e. The van der Waals surface area contributed by atoms with E-state index in [0.717, 1.165) is 5.56 Å². The summed E-state index contributed by atoms with van der Waals surface area (Å²) in [6.07, 6.45) is 0.672. The third-order valence-electron chi connectivity index (χ3n) is 3.48. The average Bonchev–Trinajstić information content (AvgIpc) is 2.37. The van der Waals surface area contributed by atoms with E-state index < -0.39 is 5.41 Å². The highest BCUT2D eigenvalue weighted by molar-refractivity contribution is 5.82. The Kier molecular flexibility index (Phi) is 4.84. The molecule has 0 aliphatic carbocycles. The predicted octanol–water partition coefficient (Wildman–Crippen LogP) is 2.38. The molecular formula is C14H21FN2O. The highest BCUT2D eigenvalue weighted by atomic mass is 19.1. The van der Waals surface area contributed by atoms with Crippen molar-refractivity contribution < 1.29 is 9.18 Å². The van der Waals surface area contributed by atoms with Crippen LogP contribution in [0.2, 0.25) is 0 Å². The van der Waals surface area contributed by atoms with Crippen LogP contribution in [-0.2, 0) is 4.79 Å². The Bertz CT molecular complexity index is 416. The number of halogens is 1. The van der Waals surface area contributed by atoms with E-state index in [2.05, 4.69) is 5.32 Å². The first-order chi connectivity index (χ1) is 8.42. The highest BCUT2D eigenvalue weighted by Gasteiger charge is 2.30. The summed E-state index contributed by atoms with van der Waals surface area (Å²) in [5.41, 5.74) is 5.82. The lowest BCUT2D eigenvalue weighted by Crippen LogP contribution is -2.44.